The van der Waals surface area contributed by atoms with Crippen molar-refractivity contribution in [2.75, 3.05) is 0 Å². The average Bonchev–Trinajstić information content (AvgIpc) is 2.87. The van der Waals surface area contributed by atoms with E-state index in [4.69, 9.17) is 0 Å². The Balaban J connectivity index is 2.33. The van der Waals surface area contributed by atoms with Gasteiger partial charge in [0.25, 0.3) is 0 Å². The van der Waals surface area contributed by atoms with E-state index in [1.165, 1.54) is 0 Å². The van der Waals surface area contributed by atoms with Gasteiger partial charge in [0.2, 0.25) is 0 Å². The van der Waals surface area contributed by atoms with Crippen molar-refractivity contribution < 1.29 is 0 Å². The van der Waals surface area contributed by atoms with Gasteiger partial charge in [-0.3, -0.25) is 0 Å². The molecule has 2 aromatic carbocycles. The van der Waals surface area contributed by atoms with Crippen molar-refractivity contribution in [3.8, 4) is 17.5 Å². The van der Waals surface area contributed by atoms with Crippen molar-refractivity contribution in [3.05, 3.63) is 54.6 Å². The molecule has 0 radical (unpaired) electrons. The van der Waals surface area contributed by atoms with Crippen molar-refractivity contribution >= 4 is 11.0 Å². The normalized spacial score (nSPS) is 12.2. The number of aromatic nitrogens is 2. The molecule has 1 atom stereocenters. The number of nitrogens with zero attached hydrogens (tertiary/aromatic N) is 3. The lowest BCUT2D eigenvalue weighted by Gasteiger charge is -2.10. The second-order valence-electron chi connectivity index (χ2n) is 4.47. The number of hydrogen-bond donors (Lipinski definition) is 0. The van der Waals surface area contributed by atoms with Gasteiger partial charge in [-0.05, 0) is 19.1 Å². The maximum Gasteiger partial charge on any atom is 0.142 e. The highest BCUT2D eigenvalue weighted by atomic mass is 15.1. The van der Waals surface area contributed by atoms with Crippen molar-refractivity contribution in [2.45, 2.75) is 13.0 Å². The third-order valence-electron chi connectivity index (χ3n) is 3.20. The second kappa shape index (κ2) is 4.58. The van der Waals surface area contributed by atoms with Crippen LogP contribution in [0.3, 0.4) is 0 Å². The Morgan fingerprint density at radius 2 is 1.74 bits per heavy atom. The topological polar surface area (TPSA) is 41.6 Å². The van der Waals surface area contributed by atoms with Gasteiger partial charge in [0.05, 0.1) is 17.1 Å². The summed E-state index contributed by atoms with van der Waals surface area (Å²) in [5, 5.41) is 9.24. The van der Waals surface area contributed by atoms with Crippen molar-refractivity contribution in [1.82, 2.24) is 9.55 Å². The first-order chi connectivity index (χ1) is 9.31. The minimum absolute atomic E-state index is 0.248. The SMILES string of the molecule is CC(C#N)n1c(-c2ccccc2)nc2ccccc21. The monoisotopic (exact) mass is 247 g/mol. The average molecular weight is 247 g/mol. The predicted molar refractivity (Wildman–Crippen MR) is 75.5 cm³/mol. The van der Waals surface area contributed by atoms with Gasteiger partial charge in [-0.2, -0.15) is 5.26 Å². The zero-order valence-electron chi connectivity index (χ0n) is 10.6. The van der Waals surface area contributed by atoms with Crippen molar-refractivity contribution in [3.63, 3.8) is 0 Å². The number of benzene rings is 2. The lowest BCUT2D eigenvalue weighted by Crippen LogP contribution is -2.04. The number of hydrogen-bond acceptors (Lipinski definition) is 2. The minimum Gasteiger partial charge on any atom is -0.307 e. The largest absolute Gasteiger partial charge is 0.307 e. The quantitative estimate of drug-likeness (QED) is 0.691. The highest BCUT2D eigenvalue weighted by Gasteiger charge is 2.16. The number of fused-ring (bicyclic) bond motifs is 1. The molecule has 0 fully saturated rings. The van der Waals surface area contributed by atoms with Crippen LogP contribution in [-0.4, -0.2) is 9.55 Å². The first-order valence-electron chi connectivity index (χ1n) is 6.23. The molecule has 0 spiro atoms. The molecule has 3 aromatic rings. The minimum atomic E-state index is -0.248. The van der Waals surface area contributed by atoms with Crippen LogP contribution in [0.25, 0.3) is 22.4 Å². The first-order valence-corrected chi connectivity index (χ1v) is 6.23. The van der Waals surface area contributed by atoms with E-state index in [0.29, 0.717) is 0 Å². The van der Waals surface area contributed by atoms with Crippen LogP contribution in [0.15, 0.2) is 54.6 Å². The Kier molecular flexibility index (Phi) is 2.77. The van der Waals surface area contributed by atoms with Crippen LogP contribution in [-0.2, 0) is 0 Å². The van der Waals surface area contributed by atoms with E-state index in [0.717, 1.165) is 22.4 Å². The summed E-state index contributed by atoms with van der Waals surface area (Å²) in [4.78, 5) is 4.66. The maximum absolute atomic E-state index is 9.24. The van der Waals surface area contributed by atoms with Gasteiger partial charge in [0.15, 0.2) is 0 Å². The number of rotatable bonds is 2. The van der Waals surface area contributed by atoms with Gasteiger partial charge in [-0.15, -0.1) is 0 Å². The van der Waals surface area contributed by atoms with Gasteiger partial charge < -0.3 is 4.57 Å². The Bertz CT molecular complexity index is 751. The fourth-order valence-electron chi connectivity index (χ4n) is 2.29. The number of imidazole rings is 1. The van der Waals surface area contributed by atoms with Crippen LogP contribution in [0, 0.1) is 11.3 Å². The highest BCUT2D eigenvalue weighted by Crippen LogP contribution is 2.27. The Morgan fingerprint density at radius 1 is 1.05 bits per heavy atom. The molecule has 0 N–H and O–H groups in total. The van der Waals surface area contributed by atoms with Crippen LogP contribution in [0.5, 0.6) is 0 Å². The van der Waals surface area contributed by atoms with E-state index in [9.17, 15) is 5.26 Å². The standard InChI is InChI=1S/C16H13N3/c1-12(11-17)19-15-10-6-5-9-14(15)18-16(19)13-7-3-2-4-8-13/h2-10,12H,1H3. The van der Waals surface area contributed by atoms with Gasteiger partial charge in [0, 0.05) is 5.56 Å². The van der Waals surface area contributed by atoms with Gasteiger partial charge in [-0.1, -0.05) is 42.5 Å². The van der Waals surface area contributed by atoms with E-state index in [1.807, 2.05) is 66.1 Å². The zero-order valence-corrected chi connectivity index (χ0v) is 10.6. The summed E-state index contributed by atoms with van der Waals surface area (Å²) in [5.41, 5.74) is 2.94. The van der Waals surface area contributed by atoms with E-state index in [1.54, 1.807) is 0 Å². The van der Waals surface area contributed by atoms with Gasteiger partial charge in [0.1, 0.15) is 11.9 Å². The summed E-state index contributed by atoms with van der Waals surface area (Å²) in [7, 11) is 0. The van der Waals surface area contributed by atoms with Crippen LogP contribution in [0.4, 0.5) is 0 Å². The van der Waals surface area contributed by atoms with Crippen LogP contribution < -0.4 is 0 Å². The zero-order chi connectivity index (χ0) is 13.2. The molecule has 0 aliphatic heterocycles. The molecule has 3 nitrogen and oxygen atoms in total. The summed E-state index contributed by atoms with van der Waals surface area (Å²) in [6.07, 6.45) is 0. The van der Waals surface area contributed by atoms with E-state index >= 15 is 0 Å². The van der Waals surface area contributed by atoms with Gasteiger partial charge >= 0.3 is 0 Å². The summed E-state index contributed by atoms with van der Waals surface area (Å²) in [6.45, 7) is 1.89. The Labute approximate surface area is 111 Å². The molecular formula is C16H13N3. The molecule has 0 saturated carbocycles. The molecule has 0 bridgehead atoms. The van der Waals surface area contributed by atoms with Crippen LogP contribution >= 0.6 is 0 Å². The molecule has 19 heavy (non-hydrogen) atoms. The molecule has 3 rings (SSSR count). The molecule has 0 saturated heterocycles. The Hall–Kier alpha value is -2.60. The first kappa shape index (κ1) is 11.5. The van der Waals surface area contributed by atoms with E-state index in [2.05, 4.69) is 11.1 Å². The van der Waals surface area contributed by atoms with Crippen molar-refractivity contribution in [2.24, 2.45) is 0 Å². The maximum atomic E-state index is 9.24. The summed E-state index contributed by atoms with van der Waals surface area (Å²) < 4.78 is 1.99. The van der Waals surface area contributed by atoms with E-state index < -0.39 is 0 Å². The molecule has 1 heterocycles. The molecule has 92 valence electrons. The summed E-state index contributed by atoms with van der Waals surface area (Å²) in [6, 6.07) is 19.9. The molecule has 0 aliphatic rings. The lowest BCUT2D eigenvalue weighted by molar-refractivity contribution is 0.701. The van der Waals surface area contributed by atoms with Crippen LogP contribution in [0.2, 0.25) is 0 Å². The highest BCUT2D eigenvalue weighted by molar-refractivity contribution is 5.81. The summed E-state index contributed by atoms with van der Waals surface area (Å²) in [5.74, 6) is 0.843. The Morgan fingerprint density at radius 3 is 2.47 bits per heavy atom. The fourth-order valence-corrected chi connectivity index (χ4v) is 2.29. The lowest BCUT2D eigenvalue weighted by atomic mass is 10.2. The second-order valence-corrected chi connectivity index (χ2v) is 4.47. The molecule has 1 unspecified atom stereocenters. The smallest absolute Gasteiger partial charge is 0.142 e. The third-order valence-corrected chi connectivity index (χ3v) is 3.20. The number of nitriles is 1. The molecule has 0 amide bonds. The fraction of sp³-hybridized carbons (Fsp3) is 0.125. The molecular weight excluding hydrogens is 234 g/mol. The predicted octanol–water partition coefficient (Wildman–Crippen LogP) is 3.79. The van der Waals surface area contributed by atoms with Crippen LogP contribution in [0.1, 0.15) is 13.0 Å². The third kappa shape index (κ3) is 1.88. The number of para-hydroxylation sites is 2. The van der Waals surface area contributed by atoms with E-state index in [-0.39, 0.29) is 6.04 Å². The molecule has 1 aromatic heterocycles. The summed E-state index contributed by atoms with van der Waals surface area (Å²) >= 11 is 0. The van der Waals surface area contributed by atoms with Gasteiger partial charge in [-0.25, -0.2) is 4.98 Å². The molecule has 3 heteroatoms. The molecule has 0 aliphatic carbocycles. The van der Waals surface area contributed by atoms with Crippen molar-refractivity contribution in [1.29, 1.82) is 5.26 Å².